The van der Waals surface area contributed by atoms with Crippen molar-refractivity contribution in [3.8, 4) is 11.3 Å². The van der Waals surface area contributed by atoms with E-state index in [2.05, 4.69) is 20.4 Å². The first kappa shape index (κ1) is 15.7. The first-order valence-corrected chi connectivity index (χ1v) is 7.43. The maximum absolute atomic E-state index is 12.2. The van der Waals surface area contributed by atoms with Crippen molar-refractivity contribution in [2.24, 2.45) is 0 Å². The van der Waals surface area contributed by atoms with Gasteiger partial charge in [0.05, 0.1) is 12.2 Å². The fraction of sp³-hybridized carbons (Fsp3) is 0.176. The lowest BCUT2D eigenvalue weighted by molar-refractivity contribution is 0.0941. The van der Waals surface area contributed by atoms with Crippen molar-refractivity contribution in [1.82, 2.24) is 20.4 Å². The van der Waals surface area contributed by atoms with Crippen LogP contribution < -0.4 is 10.2 Å². The third-order valence-electron chi connectivity index (χ3n) is 3.33. The van der Waals surface area contributed by atoms with Gasteiger partial charge in [-0.15, -0.1) is 0 Å². The Kier molecular flexibility index (Phi) is 4.51. The summed E-state index contributed by atoms with van der Waals surface area (Å²) in [5.74, 6) is 0.832. The number of nitrogens with one attached hydrogen (secondary N) is 1. The Morgan fingerprint density at radius 2 is 2.00 bits per heavy atom. The maximum atomic E-state index is 12.2. The van der Waals surface area contributed by atoms with Crippen molar-refractivity contribution in [2.75, 3.05) is 19.0 Å². The molecule has 0 saturated carbocycles. The molecule has 0 spiro atoms. The molecule has 1 amide bonds. The molecule has 2 aromatic heterocycles. The molecule has 3 rings (SSSR count). The Bertz CT molecular complexity index is 830. The fourth-order valence-electron chi connectivity index (χ4n) is 2.08. The highest BCUT2D eigenvalue weighted by molar-refractivity contribution is 5.93. The van der Waals surface area contributed by atoms with E-state index in [4.69, 9.17) is 4.52 Å². The van der Waals surface area contributed by atoms with Gasteiger partial charge in [-0.25, -0.2) is 9.97 Å². The lowest BCUT2D eigenvalue weighted by Gasteiger charge is -2.10. The van der Waals surface area contributed by atoms with Crippen molar-refractivity contribution < 1.29 is 9.32 Å². The summed E-state index contributed by atoms with van der Waals surface area (Å²) in [6, 6.07) is 12.9. The number of hydrogen-bond acceptors (Lipinski definition) is 6. The van der Waals surface area contributed by atoms with Crippen molar-refractivity contribution >= 4 is 11.9 Å². The van der Waals surface area contributed by atoms with E-state index < -0.39 is 0 Å². The second-order valence-electron chi connectivity index (χ2n) is 5.37. The minimum atomic E-state index is -0.314. The zero-order chi connectivity index (χ0) is 16.9. The largest absolute Gasteiger partial charge is 0.355 e. The molecule has 0 aliphatic heterocycles. The molecule has 24 heavy (non-hydrogen) atoms. The van der Waals surface area contributed by atoms with E-state index in [1.54, 1.807) is 23.2 Å². The monoisotopic (exact) mass is 323 g/mol. The Labute approximate surface area is 139 Å². The number of aromatic nitrogens is 3. The molecule has 0 unspecified atom stereocenters. The van der Waals surface area contributed by atoms with Crippen LogP contribution in [-0.2, 0) is 6.54 Å². The van der Waals surface area contributed by atoms with Crippen LogP contribution in [0.3, 0.4) is 0 Å². The predicted molar refractivity (Wildman–Crippen MR) is 89.5 cm³/mol. The van der Waals surface area contributed by atoms with Crippen molar-refractivity contribution in [3.05, 3.63) is 60.0 Å². The number of amides is 1. The van der Waals surface area contributed by atoms with Crippen LogP contribution in [0.2, 0.25) is 0 Å². The van der Waals surface area contributed by atoms with Crippen LogP contribution in [0.4, 0.5) is 5.95 Å². The standard InChI is InChI=1S/C17H17N5O2/c1-22(2)17-18-9-8-13(20-17)11-19-16(23)14-10-15(24-21-14)12-6-4-3-5-7-12/h3-10H,11H2,1-2H3,(H,19,23). The summed E-state index contributed by atoms with van der Waals surface area (Å²) < 4.78 is 5.23. The summed E-state index contributed by atoms with van der Waals surface area (Å²) in [7, 11) is 3.72. The minimum absolute atomic E-state index is 0.232. The normalized spacial score (nSPS) is 10.4. The Morgan fingerprint density at radius 3 is 2.75 bits per heavy atom. The van der Waals surface area contributed by atoms with E-state index in [0.29, 0.717) is 17.4 Å². The van der Waals surface area contributed by atoms with Crippen LogP contribution in [0, 0.1) is 0 Å². The average molecular weight is 323 g/mol. The quantitative estimate of drug-likeness (QED) is 0.774. The molecular formula is C17H17N5O2. The van der Waals surface area contributed by atoms with Crippen molar-refractivity contribution in [3.63, 3.8) is 0 Å². The van der Waals surface area contributed by atoms with Gasteiger partial charge >= 0.3 is 0 Å². The maximum Gasteiger partial charge on any atom is 0.273 e. The van der Waals surface area contributed by atoms with Crippen molar-refractivity contribution in [2.45, 2.75) is 6.54 Å². The molecule has 3 aromatic rings. The summed E-state index contributed by atoms with van der Waals surface area (Å²) in [4.78, 5) is 22.5. The molecule has 1 N–H and O–H groups in total. The van der Waals surface area contributed by atoms with Gasteiger partial charge < -0.3 is 14.7 Å². The first-order valence-electron chi connectivity index (χ1n) is 7.43. The number of benzene rings is 1. The predicted octanol–water partition coefficient (Wildman–Crippen LogP) is 2.13. The lowest BCUT2D eigenvalue weighted by Crippen LogP contribution is -2.24. The van der Waals surface area contributed by atoms with Gasteiger partial charge in [-0.1, -0.05) is 35.5 Å². The Balaban J connectivity index is 1.66. The van der Waals surface area contributed by atoms with Gasteiger partial charge in [0.2, 0.25) is 5.95 Å². The zero-order valence-electron chi connectivity index (χ0n) is 13.4. The van der Waals surface area contributed by atoms with E-state index >= 15 is 0 Å². The molecule has 0 aliphatic carbocycles. The van der Waals surface area contributed by atoms with Crippen LogP contribution >= 0.6 is 0 Å². The molecule has 7 nitrogen and oxygen atoms in total. The highest BCUT2D eigenvalue weighted by atomic mass is 16.5. The molecule has 0 fully saturated rings. The number of anilines is 1. The molecule has 122 valence electrons. The fourth-order valence-corrected chi connectivity index (χ4v) is 2.08. The van der Waals surface area contributed by atoms with Crippen molar-refractivity contribution in [1.29, 1.82) is 0 Å². The third kappa shape index (κ3) is 3.57. The topological polar surface area (TPSA) is 84.2 Å². The molecule has 0 atom stereocenters. The number of rotatable bonds is 5. The number of hydrogen-bond donors (Lipinski definition) is 1. The van der Waals surface area contributed by atoms with Gasteiger partial charge in [-0.3, -0.25) is 4.79 Å². The lowest BCUT2D eigenvalue weighted by atomic mass is 10.1. The second-order valence-corrected chi connectivity index (χ2v) is 5.37. The van der Waals surface area contributed by atoms with Gasteiger partial charge in [0.1, 0.15) is 0 Å². The van der Waals surface area contributed by atoms with Crippen LogP contribution in [0.25, 0.3) is 11.3 Å². The van der Waals surface area contributed by atoms with Gasteiger partial charge in [0.25, 0.3) is 5.91 Å². The van der Waals surface area contributed by atoms with Gasteiger partial charge in [0, 0.05) is 31.9 Å². The van der Waals surface area contributed by atoms with E-state index in [-0.39, 0.29) is 18.1 Å². The number of nitrogens with zero attached hydrogens (tertiary/aromatic N) is 4. The van der Waals surface area contributed by atoms with Gasteiger partial charge in [0.15, 0.2) is 11.5 Å². The number of carbonyl (C=O) groups is 1. The molecule has 0 aliphatic rings. The SMILES string of the molecule is CN(C)c1nccc(CNC(=O)c2cc(-c3ccccc3)on2)n1. The molecule has 0 radical (unpaired) electrons. The van der Waals surface area contributed by atoms with E-state index in [1.807, 2.05) is 44.4 Å². The van der Waals surface area contributed by atoms with Gasteiger partial charge in [-0.2, -0.15) is 0 Å². The van der Waals surface area contributed by atoms with E-state index in [9.17, 15) is 4.79 Å². The Hall–Kier alpha value is -3.22. The summed E-state index contributed by atoms with van der Waals surface area (Å²) in [6.07, 6.45) is 1.66. The molecule has 7 heteroatoms. The second kappa shape index (κ2) is 6.91. The zero-order valence-corrected chi connectivity index (χ0v) is 13.4. The van der Waals surface area contributed by atoms with E-state index in [0.717, 1.165) is 5.56 Å². The van der Waals surface area contributed by atoms with E-state index in [1.165, 1.54) is 0 Å². The van der Waals surface area contributed by atoms with Crippen LogP contribution in [0.1, 0.15) is 16.2 Å². The highest BCUT2D eigenvalue weighted by Gasteiger charge is 2.13. The molecule has 0 saturated heterocycles. The molecule has 0 bridgehead atoms. The Morgan fingerprint density at radius 1 is 1.21 bits per heavy atom. The smallest absolute Gasteiger partial charge is 0.273 e. The highest BCUT2D eigenvalue weighted by Crippen LogP contribution is 2.19. The summed E-state index contributed by atoms with van der Waals surface area (Å²) in [6.45, 7) is 0.287. The summed E-state index contributed by atoms with van der Waals surface area (Å²) >= 11 is 0. The summed E-state index contributed by atoms with van der Waals surface area (Å²) in [5.41, 5.74) is 1.82. The first-order chi connectivity index (χ1) is 11.6. The number of carbonyl (C=O) groups excluding carboxylic acids is 1. The van der Waals surface area contributed by atoms with Crippen LogP contribution in [-0.4, -0.2) is 35.1 Å². The van der Waals surface area contributed by atoms with Crippen LogP contribution in [0.5, 0.6) is 0 Å². The molecule has 1 aromatic carbocycles. The van der Waals surface area contributed by atoms with Gasteiger partial charge in [-0.05, 0) is 6.07 Å². The summed E-state index contributed by atoms with van der Waals surface area (Å²) in [5, 5.41) is 6.60. The third-order valence-corrected chi connectivity index (χ3v) is 3.33. The average Bonchev–Trinajstić information content (AvgIpc) is 3.11. The van der Waals surface area contributed by atoms with Crippen LogP contribution in [0.15, 0.2) is 53.2 Å². The molecule has 2 heterocycles. The minimum Gasteiger partial charge on any atom is -0.355 e. The molecular weight excluding hydrogens is 306 g/mol.